The highest BCUT2D eigenvalue weighted by Crippen LogP contribution is 2.26. The van der Waals surface area contributed by atoms with E-state index in [-0.39, 0.29) is 17.3 Å². The summed E-state index contributed by atoms with van der Waals surface area (Å²) in [7, 11) is 0. The summed E-state index contributed by atoms with van der Waals surface area (Å²) in [4.78, 5) is 33.0. The highest BCUT2D eigenvalue weighted by atomic mass is 32.2. The number of nitrogens with one attached hydrogen (secondary N) is 1. The standard InChI is InChI=1S/C20H18N4O3S2/c1-13-11-14(2)22-20(21-13)29-18-7-3-15(4-8-18)23-19(25)12-28-17-9-5-16(6-10-17)24(26)27/h3-11H,12H2,1-2H3,(H,23,25). The van der Waals surface area contributed by atoms with Crippen molar-refractivity contribution >= 4 is 40.8 Å². The first kappa shape index (κ1) is 20.8. The van der Waals surface area contributed by atoms with Crippen molar-refractivity contribution < 1.29 is 9.72 Å². The van der Waals surface area contributed by atoms with Crippen LogP contribution in [0.3, 0.4) is 0 Å². The van der Waals surface area contributed by atoms with Crippen LogP contribution in [0.25, 0.3) is 0 Å². The van der Waals surface area contributed by atoms with Crippen LogP contribution in [0, 0.1) is 24.0 Å². The molecule has 1 N–H and O–H groups in total. The van der Waals surface area contributed by atoms with Crippen LogP contribution >= 0.6 is 23.5 Å². The van der Waals surface area contributed by atoms with Crippen LogP contribution in [0.2, 0.25) is 0 Å². The van der Waals surface area contributed by atoms with Crippen LogP contribution in [0.1, 0.15) is 11.4 Å². The fourth-order valence-electron chi connectivity index (χ4n) is 2.46. The first-order chi connectivity index (χ1) is 13.9. The molecule has 1 amide bonds. The monoisotopic (exact) mass is 426 g/mol. The summed E-state index contributed by atoms with van der Waals surface area (Å²) in [6.45, 7) is 3.87. The van der Waals surface area contributed by atoms with Gasteiger partial charge in [0.25, 0.3) is 5.69 Å². The molecule has 3 rings (SSSR count). The first-order valence-electron chi connectivity index (χ1n) is 8.66. The Morgan fingerprint density at radius 2 is 1.59 bits per heavy atom. The molecule has 0 aliphatic carbocycles. The van der Waals surface area contributed by atoms with E-state index in [9.17, 15) is 14.9 Å². The lowest BCUT2D eigenvalue weighted by atomic mass is 10.3. The number of hydrogen-bond donors (Lipinski definition) is 1. The third-order valence-corrected chi connectivity index (χ3v) is 5.61. The molecule has 9 heteroatoms. The van der Waals surface area contributed by atoms with Gasteiger partial charge in [-0.15, -0.1) is 11.8 Å². The van der Waals surface area contributed by atoms with E-state index < -0.39 is 4.92 Å². The minimum Gasteiger partial charge on any atom is -0.325 e. The summed E-state index contributed by atoms with van der Waals surface area (Å²) in [5.41, 5.74) is 2.58. The summed E-state index contributed by atoms with van der Waals surface area (Å²) < 4.78 is 0. The van der Waals surface area contributed by atoms with Gasteiger partial charge in [-0.2, -0.15) is 0 Å². The average molecular weight is 427 g/mol. The molecule has 0 aliphatic heterocycles. The minimum absolute atomic E-state index is 0.0305. The number of hydrogen-bond acceptors (Lipinski definition) is 7. The van der Waals surface area contributed by atoms with Gasteiger partial charge in [-0.1, -0.05) is 0 Å². The van der Waals surface area contributed by atoms with Crippen LogP contribution in [0.4, 0.5) is 11.4 Å². The molecule has 0 unspecified atom stereocenters. The third-order valence-electron chi connectivity index (χ3n) is 3.73. The summed E-state index contributed by atoms with van der Waals surface area (Å²) in [5.74, 6) is 0.0662. The quantitative estimate of drug-likeness (QED) is 0.249. The Balaban J connectivity index is 1.52. The zero-order valence-corrected chi connectivity index (χ0v) is 17.4. The van der Waals surface area contributed by atoms with Crippen LogP contribution < -0.4 is 5.32 Å². The van der Waals surface area contributed by atoms with Gasteiger partial charge in [-0.25, -0.2) is 9.97 Å². The molecule has 0 saturated carbocycles. The maximum Gasteiger partial charge on any atom is 0.269 e. The lowest BCUT2D eigenvalue weighted by Gasteiger charge is -2.07. The lowest BCUT2D eigenvalue weighted by Crippen LogP contribution is -2.13. The van der Waals surface area contributed by atoms with Crippen LogP contribution in [0.15, 0.2) is 69.5 Å². The van der Waals surface area contributed by atoms with E-state index in [2.05, 4.69) is 15.3 Å². The van der Waals surface area contributed by atoms with Gasteiger partial charge in [0.15, 0.2) is 5.16 Å². The number of benzene rings is 2. The van der Waals surface area contributed by atoms with Crippen molar-refractivity contribution in [1.82, 2.24) is 9.97 Å². The van der Waals surface area contributed by atoms with Crippen molar-refractivity contribution in [3.8, 4) is 0 Å². The number of thioether (sulfide) groups is 1. The molecule has 0 saturated heterocycles. The van der Waals surface area contributed by atoms with Gasteiger partial charge in [0.05, 0.1) is 10.7 Å². The summed E-state index contributed by atoms with van der Waals surface area (Å²) in [6.07, 6.45) is 0. The average Bonchev–Trinajstić information content (AvgIpc) is 2.67. The number of non-ortho nitro benzene ring substituents is 1. The maximum absolute atomic E-state index is 12.1. The van der Waals surface area contributed by atoms with Crippen molar-refractivity contribution in [3.05, 3.63) is 76.1 Å². The molecule has 7 nitrogen and oxygen atoms in total. The summed E-state index contributed by atoms with van der Waals surface area (Å²) in [6, 6.07) is 15.5. The Morgan fingerprint density at radius 3 is 2.17 bits per heavy atom. The Labute approximate surface area is 176 Å². The van der Waals surface area contributed by atoms with E-state index >= 15 is 0 Å². The fraction of sp³-hybridized carbons (Fsp3) is 0.150. The van der Waals surface area contributed by atoms with Crippen LogP contribution in [0.5, 0.6) is 0 Å². The fourth-order valence-corrected chi connectivity index (χ4v) is 4.02. The molecular weight excluding hydrogens is 408 g/mol. The van der Waals surface area contributed by atoms with E-state index in [1.165, 1.54) is 35.7 Å². The van der Waals surface area contributed by atoms with Gasteiger partial charge >= 0.3 is 0 Å². The normalized spacial score (nSPS) is 10.6. The molecule has 0 atom stereocenters. The van der Waals surface area contributed by atoms with Gasteiger partial charge < -0.3 is 5.32 Å². The van der Waals surface area contributed by atoms with Crippen molar-refractivity contribution in [1.29, 1.82) is 0 Å². The summed E-state index contributed by atoms with van der Waals surface area (Å²) in [5, 5.41) is 14.2. The molecule has 2 aromatic carbocycles. The van der Waals surface area contributed by atoms with Crippen LogP contribution in [-0.2, 0) is 4.79 Å². The number of nitro groups is 1. The zero-order valence-electron chi connectivity index (χ0n) is 15.8. The van der Waals surface area contributed by atoms with Gasteiger partial charge in [0, 0.05) is 39.0 Å². The molecule has 0 spiro atoms. The molecular formula is C20H18N4O3S2. The second kappa shape index (κ2) is 9.53. The highest BCUT2D eigenvalue weighted by molar-refractivity contribution is 8.00. The van der Waals surface area contributed by atoms with E-state index in [1.807, 2.05) is 44.2 Å². The second-order valence-electron chi connectivity index (χ2n) is 6.15. The number of aryl methyl sites for hydroxylation is 2. The Kier molecular flexibility index (Phi) is 6.84. The summed E-state index contributed by atoms with van der Waals surface area (Å²) >= 11 is 2.79. The van der Waals surface area contributed by atoms with Crippen molar-refractivity contribution in [2.75, 3.05) is 11.1 Å². The zero-order chi connectivity index (χ0) is 20.8. The smallest absolute Gasteiger partial charge is 0.269 e. The number of nitro benzene ring substituents is 1. The third kappa shape index (κ3) is 6.30. The van der Waals surface area contributed by atoms with Crippen LogP contribution in [-0.4, -0.2) is 26.6 Å². The Hall–Kier alpha value is -2.91. The highest BCUT2D eigenvalue weighted by Gasteiger charge is 2.08. The number of carbonyl (C=O) groups excluding carboxylic acids is 1. The largest absolute Gasteiger partial charge is 0.325 e. The van der Waals surface area contributed by atoms with Gasteiger partial charge in [-0.3, -0.25) is 14.9 Å². The minimum atomic E-state index is -0.449. The number of anilines is 1. The van der Waals surface area contributed by atoms with E-state index in [1.54, 1.807) is 12.1 Å². The van der Waals surface area contributed by atoms with Gasteiger partial charge in [0.1, 0.15) is 0 Å². The lowest BCUT2D eigenvalue weighted by molar-refractivity contribution is -0.384. The van der Waals surface area contributed by atoms with Crippen molar-refractivity contribution in [2.45, 2.75) is 28.8 Å². The van der Waals surface area contributed by atoms with Gasteiger partial charge in [-0.05, 0) is 68.1 Å². The molecule has 0 fully saturated rings. The molecule has 29 heavy (non-hydrogen) atoms. The predicted molar refractivity (Wildman–Crippen MR) is 115 cm³/mol. The SMILES string of the molecule is Cc1cc(C)nc(Sc2ccc(NC(=O)CSc3ccc([N+](=O)[O-])cc3)cc2)n1. The second-order valence-corrected chi connectivity index (χ2v) is 8.24. The number of carbonyl (C=O) groups is 1. The van der Waals surface area contributed by atoms with Crippen molar-refractivity contribution in [3.63, 3.8) is 0 Å². The predicted octanol–water partition coefficient (Wildman–Crippen LogP) is 4.88. The number of aromatic nitrogens is 2. The molecule has 0 radical (unpaired) electrons. The number of rotatable bonds is 7. The van der Waals surface area contributed by atoms with E-state index in [0.717, 1.165) is 21.2 Å². The number of nitrogens with zero attached hydrogens (tertiary/aromatic N) is 3. The Bertz CT molecular complexity index is 1000. The maximum atomic E-state index is 12.1. The van der Waals surface area contributed by atoms with Crippen molar-refractivity contribution in [2.24, 2.45) is 0 Å². The first-order valence-corrected chi connectivity index (χ1v) is 10.5. The Morgan fingerprint density at radius 1 is 1.00 bits per heavy atom. The molecule has 1 aromatic heterocycles. The molecule has 148 valence electrons. The number of amides is 1. The topological polar surface area (TPSA) is 98.0 Å². The molecule has 0 aliphatic rings. The van der Waals surface area contributed by atoms with Gasteiger partial charge in [0.2, 0.25) is 5.91 Å². The molecule has 0 bridgehead atoms. The van der Waals surface area contributed by atoms with E-state index in [4.69, 9.17) is 0 Å². The molecule has 3 aromatic rings. The molecule has 1 heterocycles. The van der Waals surface area contributed by atoms with E-state index in [0.29, 0.717) is 10.8 Å².